The van der Waals surface area contributed by atoms with Crippen LogP contribution in [0.3, 0.4) is 0 Å². The van der Waals surface area contributed by atoms with Crippen molar-refractivity contribution < 1.29 is 18.0 Å². The number of carbonyl (C=O) groups excluding carboxylic acids is 1. The highest BCUT2D eigenvalue weighted by atomic mass is 35.5. The van der Waals surface area contributed by atoms with Gasteiger partial charge in [-0.15, -0.1) is 0 Å². The predicted octanol–water partition coefficient (Wildman–Crippen LogP) is 3.44. The van der Waals surface area contributed by atoms with Crippen molar-refractivity contribution in [1.82, 2.24) is 16.2 Å². The van der Waals surface area contributed by atoms with Crippen LogP contribution in [-0.4, -0.2) is 12.5 Å². The summed E-state index contributed by atoms with van der Waals surface area (Å²) in [5, 5.41) is 3.36. The van der Waals surface area contributed by atoms with E-state index in [9.17, 15) is 18.0 Å². The Balaban J connectivity index is 1.62. The predicted molar refractivity (Wildman–Crippen MR) is 92.1 cm³/mol. The molecule has 1 amide bonds. The lowest BCUT2D eigenvalue weighted by Gasteiger charge is -2.19. The molecule has 2 atom stereocenters. The highest BCUT2D eigenvalue weighted by molar-refractivity contribution is 6.30. The van der Waals surface area contributed by atoms with Gasteiger partial charge in [-0.2, -0.15) is 13.2 Å². The molecule has 3 rings (SSSR count). The number of benzene rings is 2. The molecule has 2 aromatic carbocycles. The minimum absolute atomic E-state index is 0.162. The van der Waals surface area contributed by atoms with Crippen LogP contribution in [0.5, 0.6) is 0 Å². The van der Waals surface area contributed by atoms with Crippen LogP contribution >= 0.6 is 11.6 Å². The Hall–Kier alpha value is -2.09. The first kappa shape index (κ1) is 18.7. The Morgan fingerprint density at radius 3 is 2.58 bits per heavy atom. The summed E-state index contributed by atoms with van der Waals surface area (Å²) in [6.07, 6.45) is -4.37. The molecule has 2 aromatic rings. The van der Waals surface area contributed by atoms with Gasteiger partial charge in [0.2, 0.25) is 5.91 Å². The van der Waals surface area contributed by atoms with Crippen LogP contribution in [0.15, 0.2) is 48.5 Å². The number of halogens is 4. The molecular formula is C18H17ClF3N3O. The molecule has 3 N–H and O–H groups in total. The fourth-order valence-electron chi connectivity index (χ4n) is 2.89. The van der Waals surface area contributed by atoms with Gasteiger partial charge < -0.3 is 5.32 Å². The molecule has 0 aromatic heterocycles. The summed E-state index contributed by atoms with van der Waals surface area (Å²) in [6, 6.07) is 11.8. The molecule has 1 heterocycles. The Labute approximate surface area is 153 Å². The lowest BCUT2D eigenvalue weighted by atomic mass is 9.94. The van der Waals surface area contributed by atoms with Crippen LogP contribution in [-0.2, 0) is 17.5 Å². The molecule has 8 heteroatoms. The summed E-state index contributed by atoms with van der Waals surface area (Å²) in [7, 11) is 0. The maximum Gasteiger partial charge on any atom is 0.416 e. The van der Waals surface area contributed by atoms with Gasteiger partial charge in [0.15, 0.2) is 0 Å². The monoisotopic (exact) mass is 383 g/mol. The van der Waals surface area contributed by atoms with Crippen molar-refractivity contribution in [1.29, 1.82) is 0 Å². The zero-order valence-corrected chi connectivity index (χ0v) is 14.4. The third-order valence-corrected chi connectivity index (χ3v) is 4.51. The first-order valence-electron chi connectivity index (χ1n) is 8.02. The number of hydrogen-bond acceptors (Lipinski definition) is 3. The Morgan fingerprint density at radius 2 is 1.92 bits per heavy atom. The summed E-state index contributed by atoms with van der Waals surface area (Å²) >= 11 is 6.01. The van der Waals surface area contributed by atoms with Crippen LogP contribution in [0.25, 0.3) is 0 Å². The fraction of sp³-hybridized carbons (Fsp3) is 0.278. The standard InChI is InChI=1S/C18H17ClF3N3O/c19-14-3-1-2-12(8-14)16-15(10-24-25-16)17(26)23-9-11-4-6-13(7-5-11)18(20,21)22/h1-8,15-16,24-25H,9-10H2,(H,23,26). The van der Waals surface area contributed by atoms with Crippen LogP contribution in [0.4, 0.5) is 13.2 Å². The van der Waals surface area contributed by atoms with E-state index in [2.05, 4.69) is 16.2 Å². The minimum Gasteiger partial charge on any atom is -0.352 e. The number of nitrogens with one attached hydrogen (secondary N) is 3. The van der Waals surface area contributed by atoms with Crippen LogP contribution in [0, 0.1) is 5.92 Å². The van der Waals surface area contributed by atoms with Crippen LogP contribution in [0.2, 0.25) is 5.02 Å². The molecule has 4 nitrogen and oxygen atoms in total. The quantitative estimate of drug-likeness (QED) is 0.758. The molecule has 1 aliphatic heterocycles. The molecule has 1 aliphatic rings. The second kappa shape index (κ2) is 7.65. The summed E-state index contributed by atoms with van der Waals surface area (Å²) in [6.45, 7) is 0.603. The van der Waals surface area contributed by atoms with Gasteiger partial charge in [-0.1, -0.05) is 35.9 Å². The van der Waals surface area contributed by atoms with Gasteiger partial charge in [0, 0.05) is 18.1 Å². The van der Waals surface area contributed by atoms with E-state index in [0.717, 1.165) is 17.7 Å². The van der Waals surface area contributed by atoms with E-state index in [1.165, 1.54) is 12.1 Å². The maximum atomic E-state index is 12.6. The van der Waals surface area contributed by atoms with Crippen molar-refractivity contribution >= 4 is 17.5 Å². The molecule has 26 heavy (non-hydrogen) atoms. The number of hydrogen-bond donors (Lipinski definition) is 3. The highest BCUT2D eigenvalue weighted by Crippen LogP contribution is 2.29. The number of rotatable bonds is 4. The number of amides is 1. The van der Waals surface area contributed by atoms with Crippen molar-refractivity contribution in [2.24, 2.45) is 5.92 Å². The molecule has 1 fully saturated rings. The second-order valence-electron chi connectivity index (χ2n) is 6.08. The molecule has 1 saturated heterocycles. The van der Waals surface area contributed by atoms with Crippen LogP contribution < -0.4 is 16.2 Å². The normalized spacial score (nSPS) is 20.2. The van der Waals surface area contributed by atoms with Crippen molar-refractivity contribution in [3.8, 4) is 0 Å². The first-order chi connectivity index (χ1) is 12.3. The Morgan fingerprint density at radius 1 is 1.19 bits per heavy atom. The van der Waals surface area contributed by atoms with Crippen molar-refractivity contribution in [2.75, 3.05) is 6.54 Å². The average molecular weight is 384 g/mol. The van der Waals surface area contributed by atoms with E-state index in [0.29, 0.717) is 17.1 Å². The van der Waals surface area contributed by atoms with E-state index in [1.54, 1.807) is 12.1 Å². The van der Waals surface area contributed by atoms with Gasteiger partial charge in [0.25, 0.3) is 0 Å². The van der Waals surface area contributed by atoms with Crippen LogP contribution in [0.1, 0.15) is 22.7 Å². The zero-order chi connectivity index (χ0) is 18.7. The smallest absolute Gasteiger partial charge is 0.352 e. The van der Waals surface area contributed by atoms with Crippen molar-refractivity contribution in [2.45, 2.75) is 18.8 Å². The first-order valence-corrected chi connectivity index (χ1v) is 8.40. The fourth-order valence-corrected chi connectivity index (χ4v) is 3.09. The summed E-state index contributed by atoms with van der Waals surface area (Å²) < 4.78 is 37.7. The van der Waals surface area contributed by atoms with E-state index in [4.69, 9.17) is 11.6 Å². The van der Waals surface area contributed by atoms with Crippen molar-refractivity contribution in [3.05, 3.63) is 70.2 Å². The highest BCUT2D eigenvalue weighted by Gasteiger charge is 2.34. The largest absolute Gasteiger partial charge is 0.416 e. The molecule has 138 valence electrons. The number of alkyl halides is 3. The summed E-state index contributed by atoms with van der Waals surface area (Å²) in [4.78, 5) is 12.5. The van der Waals surface area contributed by atoms with E-state index >= 15 is 0 Å². The van der Waals surface area contributed by atoms with Gasteiger partial charge in [0.1, 0.15) is 0 Å². The molecule has 0 spiro atoms. The molecule has 0 aliphatic carbocycles. The van der Waals surface area contributed by atoms with Gasteiger partial charge in [-0.05, 0) is 35.4 Å². The molecule has 0 radical (unpaired) electrons. The topological polar surface area (TPSA) is 53.2 Å². The van der Waals surface area contributed by atoms with Gasteiger partial charge >= 0.3 is 6.18 Å². The Kier molecular flexibility index (Phi) is 5.50. The van der Waals surface area contributed by atoms with Gasteiger partial charge in [-0.25, -0.2) is 5.43 Å². The molecule has 0 bridgehead atoms. The SMILES string of the molecule is O=C(NCc1ccc(C(F)(F)F)cc1)C1CNNC1c1cccc(Cl)c1. The minimum atomic E-state index is -4.37. The van der Waals surface area contributed by atoms with Crippen molar-refractivity contribution in [3.63, 3.8) is 0 Å². The van der Waals surface area contributed by atoms with E-state index < -0.39 is 11.7 Å². The lowest BCUT2D eigenvalue weighted by Crippen LogP contribution is -2.34. The zero-order valence-electron chi connectivity index (χ0n) is 13.6. The molecular weight excluding hydrogens is 367 g/mol. The van der Waals surface area contributed by atoms with E-state index in [-0.39, 0.29) is 24.4 Å². The van der Waals surface area contributed by atoms with Gasteiger partial charge in [0.05, 0.1) is 17.5 Å². The maximum absolute atomic E-state index is 12.6. The number of carbonyl (C=O) groups is 1. The number of hydrazine groups is 1. The summed E-state index contributed by atoms with van der Waals surface area (Å²) in [5.41, 5.74) is 6.80. The Bertz CT molecular complexity index is 780. The average Bonchev–Trinajstić information content (AvgIpc) is 3.09. The lowest BCUT2D eigenvalue weighted by molar-refractivity contribution is -0.137. The molecule has 2 unspecified atom stereocenters. The van der Waals surface area contributed by atoms with Gasteiger partial charge in [-0.3, -0.25) is 10.2 Å². The third-order valence-electron chi connectivity index (χ3n) is 4.27. The van der Waals surface area contributed by atoms with E-state index in [1.807, 2.05) is 12.1 Å². The summed E-state index contributed by atoms with van der Waals surface area (Å²) in [5.74, 6) is -0.546. The second-order valence-corrected chi connectivity index (χ2v) is 6.51. The third kappa shape index (κ3) is 4.35. The molecule has 0 saturated carbocycles.